The first-order valence-electron chi connectivity index (χ1n) is 7.01. The number of sulfone groups is 1. The van der Waals surface area contributed by atoms with Crippen molar-refractivity contribution in [2.75, 3.05) is 13.1 Å². The summed E-state index contributed by atoms with van der Waals surface area (Å²) >= 11 is 0. The molecule has 0 aromatic heterocycles. The molecule has 1 aromatic rings. The summed E-state index contributed by atoms with van der Waals surface area (Å²) < 4.78 is 25.1. The molecule has 2 rings (SSSR count). The van der Waals surface area contributed by atoms with Crippen LogP contribution in [-0.2, 0) is 14.6 Å². The fourth-order valence-corrected chi connectivity index (χ4v) is 4.28. The maximum atomic E-state index is 12.5. The zero-order chi connectivity index (χ0) is 15.5. The largest absolute Gasteiger partial charge is 0.343 e. The number of rotatable bonds is 3. The summed E-state index contributed by atoms with van der Waals surface area (Å²) in [4.78, 5) is 13.6. The maximum Gasteiger partial charge on any atom is 0.222 e. The quantitative estimate of drug-likeness (QED) is 0.852. The van der Waals surface area contributed by atoms with Gasteiger partial charge in [0.05, 0.1) is 21.8 Å². The minimum absolute atomic E-state index is 0.0734. The van der Waals surface area contributed by atoms with Crippen LogP contribution in [0.1, 0.15) is 31.7 Å². The number of hydrogen-bond acceptors (Lipinski definition) is 4. The molecule has 0 spiro atoms. The predicted molar refractivity (Wildman–Crippen MR) is 78.2 cm³/mol. The maximum absolute atomic E-state index is 12.5. The number of piperidine rings is 1. The molecular formula is C15H18N2O3S. The number of nitriles is 1. The van der Waals surface area contributed by atoms with Gasteiger partial charge in [0.2, 0.25) is 5.91 Å². The molecule has 1 saturated heterocycles. The zero-order valence-corrected chi connectivity index (χ0v) is 12.8. The lowest BCUT2D eigenvalue weighted by Gasteiger charge is -2.31. The van der Waals surface area contributed by atoms with Crippen molar-refractivity contribution in [1.29, 1.82) is 5.26 Å². The van der Waals surface area contributed by atoms with Crippen molar-refractivity contribution in [2.24, 2.45) is 0 Å². The Morgan fingerprint density at radius 1 is 1.29 bits per heavy atom. The van der Waals surface area contributed by atoms with E-state index in [2.05, 4.69) is 0 Å². The van der Waals surface area contributed by atoms with E-state index in [1.807, 2.05) is 13.0 Å². The van der Waals surface area contributed by atoms with E-state index >= 15 is 0 Å². The summed E-state index contributed by atoms with van der Waals surface area (Å²) in [7, 11) is -3.39. The summed E-state index contributed by atoms with van der Waals surface area (Å²) in [5.74, 6) is 0.0734. The van der Waals surface area contributed by atoms with Crippen LogP contribution in [0.25, 0.3) is 0 Å². The molecule has 1 fully saturated rings. The lowest BCUT2D eigenvalue weighted by atomic mass is 10.1. The Morgan fingerprint density at radius 3 is 2.33 bits per heavy atom. The van der Waals surface area contributed by atoms with Gasteiger partial charge in [-0.25, -0.2) is 8.42 Å². The van der Waals surface area contributed by atoms with Gasteiger partial charge in [-0.15, -0.1) is 0 Å². The highest BCUT2D eigenvalue weighted by Crippen LogP contribution is 2.25. The van der Waals surface area contributed by atoms with Gasteiger partial charge in [-0.05, 0) is 37.1 Å². The average molecular weight is 306 g/mol. The third kappa shape index (κ3) is 3.24. The van der Waals surface area contributed by atoms with Gasteiger partial charge in [0.15, 0.2) is 9.84 Å². The van der Waals surface area contributed by atoms with Gasteiger partial charge in [-0.1, -0.05) is 6.92 Å². The molecule has 0 radical (unpaired) electrons. The minimum atomic E-state index is -3.39. The van der Waals surface area contributed by atoms with Crippen molar-refractivity contribution in [2.45, 2.75) is 36.3 Å². The molecular weight excluding hydrogens is 288 g/mol. The monoisotopic (exact) mass is 306 g/mol. The molecule has 0 unspecified atom stereocenters. The molecule has 0 atom stereocenters. The van der Waals surface area contributed by atoms with Crippen LogP contribution in [0, 0.1) is 11.3 Å². The topological polar surface area (TPSA) is 78.2 Å². The highest BCUT2D eigenvalue weighted by atomic mass is 32.2. The number of hydrogen-bond donors (Lipinski definition) is 0. The lowest BCUT2D eigenvalue weighted by Crippen LogP contribution is -2.42. The van der Waals surface area contributed by atoms with Gasteiger partial charge in [-0.3, -0.25) is 4.79 Å². The summed E-state index contributed by atoms with van der Waals surface area (Å²) in [6.45, 7) is 2.79. The van der Waals surface area contributed by atoms with Gasteiger partial charge >= 0.3 is 0 Å². The van der Waals surface area contributed by atoms with E-state index in [1.165, 1.54) is 24.3 Å². The molecule has 1 aliphatic rings. The van der Waals surface area contributed by atoms with Gasteiger partial charge in [0, 0.05) is 19.5 Å². The summed E-state index contributed by atoms with van der Waals surface area (Å²) in [5, 5.41) is 8.30. The number of nitrogens with zero attached hydrogens (tertiary/aromatic N) is 2. The Hall–Kier alpha value is -1.87. The number of carbonyl (C=O) groups excluding carboxylic acids is 1. The molecule has 21 heavy (non-hydrogen) atoms. The van der Waals surface area contributed by atoms with Crippen LogP contribution in [0.5, 0.6) is 0 Å². The number of benzene rings is 1. The van der Waals surface area contributed by atoms with E-state index in [0.29, 0.717) is 37.9 Å². The summed E-state index contributed by atoms with van der Waals surface area (Å²) in [6, 6.07) is 7.97. The molecule has 1 aromatic carbocycles. The second-order valence-electron chi connectivity index (χ2n) is 5.11. The molecule has 1 amide bonds. The molecule has 0 bridgehead atoms. The first kappa shape index (κ1) is 15.5. The van der Waals surface area contributed by atoms with Crippen LogP contribution in [0.3, 0.4) is 0 Å². The Kier molecular flexibility index (Phi) is 4.63. The third-order valence-electron chi connectivity index (χ3n) is 3.85. The number of likely N-dealkylation sites (tertiary alicyclic amines) is 1. The van der Waals surface area contributed by atoms with Crippen LogP contribution >= 0.6 is 0 Å². The highest BCUT2D eigenvalue weighted by Gasteiger charge is 2.32. The van der Waals surface area contributed by atoms with Crippen molar-refractivity contribution in [1.82, 2.24) is 4.90 Å². The molecule has 5 nitrogen and oxygen atoms in total. The number of amides is 1. The zero-order valence-electron chi connectivity index (χ0n) is 11.9. The third-order valence-corrected chi connectivity index (χ3v) is 6.13. The smallest absolute Gasteiger partial charge is 0.222 e. The van der Waals surface area contributed by atoms with E-state index < -0.39 is 15.1 Å². The van der Waals surface area contributed by atoms with Crippen LogP contribution in [0.4, 0.5) is 0 Å². The van der Waals surface area contributed by atoms with Crippen molar-refractivity contribution in [3.05, 3.63) is 29.8 Å². The van der Waals surface area contributed by atoms with Crippen molar-refractivity contribution in [3.63, 3.8) is 0 Å². The molecule has 1 heterocycles. The van der Waals surface area contributed by atoms with E-state index in [0.717, 1.165) is 0 Å². The predicted octanol–water partition coefficient (Wildman–Crippen LogP) is 1.73. The van der Waals surface area contributed by atoms with Gasteiger partial charge in [0.25, 0.3) is 0 Å². The van der Waals surface area contributed by atoms with E-state index in [9.17, 15) is 13.2 Å². The minimum Gasteiger partial charge on any atom is -0.343 e. The average Bonchev–Trinajstić information content (AvgIpc) is 2.54. The first-order chi connectivity index (χ1) is 9.98. The molecule has 6 heteroatoms. The van der Waals surface area contributed by atoms with Crippen molar-refractivity contribution in [3.8, 4) is 6.07 Å². The normalized spacial score (nSPS) is 16.5. The second kappa shape index (κ2) is 6.27. The van der Waals surface area contributed by atoms with E-state index in [4.69, 9.17) is 5.26 Å². The van der Waals surface area contributed by atoms with Crippen LogP contribution in [0.15, 0.2) is 29.2 Å². The molecule has 112 valence electrons. The Morgan fingerprint density at radius 2 is 1.86 bits per heavy atom. The standard InChI is InChI=1S/C15H18N2O3S/c1-2-15(18)17-9-7-14(8-10-17)21(19,20)13-5-3-12(11-16)4-6-13/h3-6,14H,2,7-10H2,1H3. The Balaban J connectivity index is 2.11. The first-order valence-corrected chi connectivity index (χ1v) is 8.55. The summed E-state index contributed by atoms with van der Waals surface area (Å²) in [5.41, 5.74) is 0.442. The Labute approximate surface area is 125 Å². The van der Waals surface area contributed by atoms with Gasteiger partial charge < -0.3 is 4.90 Å². The van der Waals surface area contributed by atoms with E-state index in [-0.39, 0.29) is 10.8 Å². The van der Waals surface area contributed by atoms with Gasteiger partial charge in [-0.2, -0.15) is 5.26 Å². The van der Waals surface area contributed by atoms with E-state index in [1.54, 1.807) is 4.90 Å². The SMILES string of the molecule is CCC(=O)N1CCC(S(=O)(=O)c2ccc(C#N)cc2)CC1. The molecule has 0 aliphatic carbocycles. The summed E-state index contributed by atoms with van der Waals surface area (Å²) in [6.07, 6.45) is 1.38. The highest BCUT2D eigenvalue weighted by molar-refractivity contribution is 7.92. The molecule has 1 aliphatic heterocycles. The van der Waals surface area contributed by atoms with Crippen molar-refractivity contribution < 1.29 is 13.2 Å². The number of carbonyl (C=O) groups is 1. The van der Waals surface area contributed by atoms with Crippen LogP contribution in [0.2, 0.25) is 0 Å². The fraction of sp³-hybridized carbons (Fsp3) is 0.467. The van der Waals surface area contributed by atoms with Crippen LogP contribution in [-0.4, -0.2) is 37.6 Å². The second-order valence-corrected chi connectivity index (χ2v) is 7.34. The Bertz CT molecular complexity index is 651. The van der Waals surface area contributed by atoms with Crippen LogP contribution < -0.4 is 0 Å². The fourth-order valence-electron chi connectivity index (χ4n) is 2.55. The van der Waals surface area contributed by atoms with Crippen molar-refractivity contribution >= 4 is 15.7 Å². The molecule has 0 saturated carbocycles. The molecule has 0 N–H and O–H groups in total. The van der Waals surface area contributed by atoms with Gasteiger partial charge in [0.1, 0.15) is 0 Å². The lowest BCUT2D eigenvalue weighted by molar-refractivity contribution is -0.131.